The van der Waals surface area contributed by atoms with Crippen molar-refractivity contribution in [2.45, 2.75) is 27.2 Å². The summed E-state index contributed by atoms with van der Waals surface area (Å²) in [5.41, 5.74) is 0.677. The van der Waals surface area contributed by atoms with Crippen molar-refractivity contribution in [2.75, 3.05) is 6.61 Å². The summed E-state index contributed by atoms with van der Waals surface area (Å²) in [7, 11) is 0. The van der Waals surface area contributed by atoms with Gasteiger partial charge in [-0.15, -0.1) is 0 Å². The SMILES string of the molecule is C=C(OCCC)C(=O)/C(C)=C/C. The predicted octanol–water partition coefficient (Wildman–Crippen LogP) is 2.46. The molecule has 0 bridgehead atoms. The Labute approximate surface area is 73.9 Å². The van der Waals surface area contributed by atoms with Gasteiger partial charge in [-0.2, -0.15) is 0 Å². The lowest BCUT2D eigenvalue weighted by Crippen LogP contribution is -2.06. The Morgan fingerprint density at radius 3 is 2.58 bits per heavy atom. The Balaban J connectivity index is 4.03. The molecule has 0 unspecified atom stereocenters. The van der Waals surface area contributed by atoms with Gasteiger partial charge >= 0.3 is 0 Å². The molecule has 0 aliphatic rings. The van der Waals surface area contributed by atoms with E-state index in [4.69, 9.17) is 4.74 Å². The van der Waals surface area contributed by atoms with Crippen molar-refractivity contribution in [3.63, 3.8) is 0 Å². The van der Waals surface area contributed by atoms with E-state index in [2.05, 4.69) is 6.58 Å². The fraction of sp³-hybridized carbons (Fsp3) is 0.500. The first-order valence-electron chi connectivity index (χ1n) is 4.12. The van der Waals surface area contributed by atoms with Gasteiger partial charge in [-0.3, -0.25) is 4.79 Å². The molecule has 0 fully saturated rings. The largest absolute Gasteiger partial charge is 0.490 e. The molecule has 0 rings (SSSR count). The fourth-order valence-corrected chi connectivity index (χ4v) is 0.642. The Bertz CT molecular complexity index is 202. The van der Waals surface area contributed by atoms with E-state index in [0.29, 0.717) is 12.2 Å². The molecular formula is C10H16O2. The van der Waals surface area contributed by atoms with Gasteiger partial charge in [0.25, 0.3) is 0 Å². The predicted molar refractivity (Wildman–Crippen MR) is 49.8 cm³/mol. The zero-order chi connectivity index (χ0) is 9.56. The van der Waals surface area contributed by atoms with Crippen LogP contribution in [0.15, 0.2) is 24.0 Å². The van der Waals surface area contributed by atoms with Gasteiger partial charge in [-0.05, 0) is 25.8 Å². The summed E-state index contributed by atoms with van der Waals surface area (Å²) in [4.78, 5) is 11.3. The van der Waals surface area contributed by atoms with Crippen LogP contribution in [0.25, 0.3) is 0 Å². The lowest BCUT2D eigenvalue weighted by atomic mass is 10.2. The summed E-state index contributed by atoms with van der Waals surface area (Å²) in [6.07, 6.45) is 2.64. The monoisotopic (exact) mass is 168 g/mol. The van der Waals surface area contributed by atoms with Crippen molar-refractivity contribution in [1.29, 1.82) is 0 Å². The molecule has 0 aliphatic heterocycles. The number of carbonyl (C=O) groups is 1. The third-order valence-corrected chi connectivity index (χ3v) is 1.52. The van der Waals surface area contributed by atoms with Gasteiger partial charge in [0.1, 0.15) is 0 Å². The van der Waals surface area contributed by atoms with Gasteiger partial charge in [0.2, 0.25) is 5.78 Å². The summed E-state index contributed by atoms with van der Waals surface area (Å²) >= 11 is 0. The summed E-state index contributed by atoms with van der Waals surface area (Å²) in [5, 5.41) is 0. The molecule has 0 radical (unpaired) electrons. The minimum absolute atomic E-state index is 0.106. The number of carbonyl (C=O) groups excluding carboxylic acids is 1. The normalized spacial score (nSPS) is 11.1. The van der Waals surface area contributed by atoms with E-state index in [9.17, 15) is 4.79 Å². The van der Waals surface area contributed by atoms with E-state index in [1.807, 2.05) is 13.8 Å². The zero-order valence-corrected chi connectivity index (χ0v) is 8.02. The van der Waals surface area contributed by atoms with E-state index < -0.39 is 0 Å². The maximum Gasteiger partial charge on any atom is 0.222 e. The van der Waals surface area contributed by atoms with Crippen molar-refractivity contribution in [3.05, 3.63) is 24.0 Å². The minimum atomic E-state index is -0.106. The number of ether oxygens (including phenoxy) is 1. The van der Waals surface area contributed by atoms with E-state index in [1.54, 1.807) is 13.0 Å². The smallest absolute Gasteiger partial charge is 0.222 e. The highest BCUT2D eigenvalue weighted by atomic mass is 16.5. The van der Waals surface area contributed by atoms with Crippen molar-refractivity contribution >= 4 is 5.78 Å². The van der Waals surface area contributed by atoms with Gasteiger partial charge in [0, 0.05) is 0 Å². The molecule has 0 aliphatic carbocycles. The standard InChI is InChI=1S/C10H16O2/c1-5-7-12-9(4)10(11)8(3)6-2/h6H,4-5,7H2,1-3H3/b8-6+. The van der Waals surface area contributed by atoms with Crippen LogP contribution in [0.4, 0.5) is 0 Å². The highest BCUT2D eigenvalue weighted by molar-refractivity contribution is 6.05. The van der Waals surface area contributed by atoms with E-state index in [-0.39, 0.29) is 11.5 Å². The maximum absolute atomic E-state index is 11.3. The second kappa shape index (κ2) is 5.58. The molecule has 0 aromatic carbocycles. The molecule has 0 heterocycles. The average Bonchev–Trinajstić information content (AvgIpc) is 2.11. The molecule has 0 aromatic heterocycles. The Hall–Kier alpha value is -1.05. The van der Waals surface area contributed by atoms with Crippen LogP contribution in [-0.2, 0) is 9.53 Å². The second-order valence-electron chi connectivity index (χ2n) is 2.57. The molecule has 0 amide bonds. The first-order chi connectivity index (χ1) is 5.63. The van der Waals surface area contributed by atoms with Crippen LogP contribution in [0.1, 0.15) is 27.2 Å². The summed E-state index contributed by atoms with van der Waals surface area (Å²) in [6.45, 7) is 9.66. The van der Waals surface area contributed by atoms with E-state index in [0.717, 1.165) is 6.42 Å². The quantitative estimate of drug-likeness (QED) is 0.465. The lowest BCUT2D eigenvalue weighted by Gasteiger charge is -2.06. The molecule has 0 atom stereocenters. The molecule has 0 saturated carbocycles. The molecule has 2 heteroatoms. The molecule has 0 spiro atoms. The molecule has 0 N–H and O–H groups in total. The fourth-order valence-electron chi connectivity index (χ4n) is 0.642. The van der Waals surface area contributed by atoms with Crippen molar-refractivity contribution in [1.82, 2.24) is 0 Å². The Morgan fingerprint density at radius 1 is 1.58 bits per heavy atom. The third-order valence-electron chi connectivity index (χ3n) is 1.52. The highest BCUT2D eigenvalue weighted by Gasteiger charge is 2.08. The second-order valence-corrected chi connectivity index (χ2v) is 2.57. The Kier molecular flexibility index (Phi) is 5.09. The van der Waals surface area contributed by atoms with Gasteiger partial charge in [-0.1, -0.05) is 19.6 Å². The van der Waals surface area contributed by atoms with Gasteiger partial charge in [0.15, 0.2) is 5.76 Å². The summed E-state index contributed by atoms with van der Waals surface area (Å²) < 4.78 is 5.09. The van der Waals surface area contributed by atoms with Crippen LogP contribution in [0, 0.1) is 0 Å². The molecular weight excluding hydrogens is 152 g/mol. The van der Waals surface area contributed by atoms with Crippen LogP contribution in [0.3, 0.4) is 0 Å². The molecule has 0 aromatic rings. The number of hydrogen-bond donors (Lipinski definition) is 0. The molecule has 2 nitrogen and oxygen atoms in total. The van der Waals surface area contributed by atoms with Crippen LogP contribution < -0.4 is 0 Å². The topological polar surface area (TPSA) is 26.3 Å². The van der Waals surface area contributed by atoms with E-state index in [1.165, 1.54) is 0 Å². The summed E-state index contributed by atoms with van der Waals surface area (Å²) in [6, 6.07) is 0. The number of rotatable bonds is 5. The van der Waals surface area contributed by atoms with Crippen LogP contribution in [-0.4, -0.2) is 12.4 Å². The van der Waals surface area contributed by atoms with Crippen LogP contribution in [0.5, 0.6) is 0 Å². The first-order valence-corrected chi connectivity index (χ1v) is 4.12. The van der Waals surface area contributed by atoms with Crippen molar-refractivity contribution < 1.29 is 9.53 Å². The average molecular weight is 168 g/mol. The Morgan fingerprint density at radius 2 is 2.17 bits per heavy atom. The number of ketones is 1. The van der Waals surface area contributed by atoms with Crippen molar-refractivity contribution in [3.8, 4) is 0 Å². The van der Waals surface area contributed by atoms with Gasteiger partial charge < -0.3 is 4.74 Å². The molecule has 68 valence electrons. The van der Waals surface area contributed by atoms with Gasteiger partial charge in [-0.25, -0.2) is 0 Å². The van der Waals surface area contributed by atoms with E-state index >= 15 is 0 Å². The molecule has 0 saturated heterocycles. The number of Topliss-reactive ketones (excluding diaryl/α,β-unsaturated/α-hetero) is 1. The van der Waals surface area contributed by atoms with Crippen LogP contribution >= 0.6 is 0 Å². The number of hydrogen-bond acceptors (Lipinski definition) is 2. The van der Waals surface area contributed by atoms with Crippen molar-refractivity contribution in [2.24, 2.45) is 0 Å². The maximum atomic E-state index is 11.3. The highest BCUT2D eigenvalue weighted by Crippen LogP contribution is 2.05. The third kappa shape index (κ3) is 3.37. The minimum Gasteiger partial charge on any atom is -0.490 e. The molecule has 12 heavy (non-hydrogen) atoms. The summed E-state index contributed by atoms with van der Waals surface area (Å²) in [5.74, 6) is 0.137. The first kappa shape index (κ1) is 11.0. The lowest BCUT2D eigenvalue weighted by molar-refractivity contribution is -0.115. The number of allylic oxidation sites excluding steroid dienone is 2. The van der Waals surface area contributed by atoms with Crippen LogP contribution in [0.2, 0.25) is 0 Å². The van der Waals surface area contributed by atoms with Gasteiger partial charge in [0.05, 0.1) is 6.61 Å². The zero-order valence-electron chi connectivity index (χ0n) is 8.02.